The van der Waals surface area contributed by atoms with Gasteiger partial charge < -0.3 is 5.32 Å². The summed E-state index contributed by atoms with van der Waals surface area (Å²) < 4.78 is 22.9. The van der Waals surface area contributed by atoms with Crippen molar-refractivity contribution >= 4 is 15.7 Å². The molecule has 0 heterocycles. The third-order valence-corrected chi connectivity index (χ3v) is 4.32. The lowest BCUT2D eigenvalue weighted by Crippen LogP contribution is -2.31. The number of hydrogen-bond acceptors (Lipinski definition) is 3. The first-order chi connectivity index (χ1) is 7.79. The van der Waals surface area contributed by atoms with Crippen molar-refractivity contribution in [3.05, 3.63) is 11.5 Å². The predicted molar refractivity (Wildman–Crippen MR) is 70.3 cm³/mol. The molecule has 0 saturated heterocycles. The first kappa shape index (κ1) is 16.2. The standard InChI is InChI=1S/C12H23NO3S/c1-5-12(14)13-11(4)8-6-7-9-17(15,16)10(2)3/h7,9-11H,5-6,8H2,1-4H3,(H,13,14)/b9-7+. The zero-order valence-electron chi connectivity index (χ0n) is 11.1. The summed E-state index contributed by atoms with van der Waals surface area (Å²) in [6, 6.07) is 0.0776. The summed E-state index contributed by atoms with van der Waals surface area (Å²) in [4.78, 5) is 11.1. The number of amides is 1. The van der Waals surface area contributed by atoms with E-state index in [4.69, 9.17) is 0 Å². The summed E-state index contributed by atoms with van der Waals surface area (Å²) in [5, 5.41) is 3.72. The Morgan fingerprint density at radius 3 is 2.35 bits per heavy atom. The van der Waals surface area contributed by atoms with Crippen molar-refractivity contribution in [2.75, 3.05) is 0 Å². The van der Waals surface area contributed by atoms with Gasteiger partial charge in [-0.25, -0.2) is 8.42 Å². The molecule has 0 aliphatic heterocycles. The third kappa shape index (κ3) is 7.15. The smallest absolute Gasteiger partial charge is 0.219 e. The van der Waals surface area contributed by atoms with E-state index in [2.05, 4.69) is 5.32 Å². The fourth-order valence-corrected chi connectivity index (χ4v) is 1.87. The maximum absolute atomic E-state index is 11.4. The Hall–Kier alpha value is -0.840. The topological polar surface area (TPSA) is 63.2 Å². The van der Waals surface area contributed by atoms with E-state index in [1.54, 1.807) is 26.8 Å². The second-order valence-electron chi connectivity index (χ2n) is 4.41. The van der Waals surface area contributed by atoms with E-state index in [0.29, 0.717) is 12.8 Å². The van der Waals surface area contributed by atoms with Crippen molar-refractivity contribution in [1.82, 2.24) is 5.32 Å². The van der Waals surface area contributed by atoms with Gasteiger partial charge in [-0.2, -0.15) is 0 Å². The number of allylic oxidation sites excluding steroid dienone is 1. The molecule has 0 fully saturated rings. The van der Waals surface area contributed by atoms with Crippen LogP contribution in [0.25, 0.3) is 0 Å². The highest BCUT2D eigenvalue weighted by molar-refractivity contribution is 7.94. The van der Waals surface area contributed by atoms with Crippen molar-refractivity contribution in [2.24, 2.45) is 0 Å². The van der Waals surface area contributed by atoms with Gasteiger partial charge in [-0.1, -0.05) is 13.0 Å². The maximum atomic E-state index is 11.4. The molecule has 0 radical (unpaired) electrons. The minimum Gasteiger partial charge on any atom is -0.354 e. The van der Waals surface area contributed by atoms with E-state index in [0.717, 1.165) is 6.42 Å². The fraction of sp³-hybridized carbons (Fsp3) is 0.750. The van der Waals surface area contributed by atoms with Crippen LogP contribution in [0.15, 0.2) is 11.5 Å². The van der Waals surface area contributed by atoms with E-state index >= 15 is 0 Å². The maximum Gasteiger partial charge on any atom is 0.219 e. The number of carbonyl (C=O) groups excluding carboxylic acids is 1. The summed E-state index contributed by atoms with van der Waals surface area (Å²) in [6.07, 6.45) is 3.53. The summed E-state index contributed by atoms with van der Waals surface area (Å²) in [5.41, 5.74) is 0. The average Bonchev–Trinajstić information content (AvgIpc) is 2.24. The summed E-state index contributed by atoms with van der Waals surface area (Å²) in [6.45, 7) is 7.03. The molecule has 5 heteroatoms. The molecule has 100 valence electrons. The van der Waals surface area contributed by atoms with E-state index in [-0.39, 0.29) is 17.2 Å². The molecule has 0 aromatic rings. The lowest BCUT2D eigenvalue weighted by molar-refractivity contribution is -0.121. The van der Waals surface area contributed by atoms with Crippen molar-refractivity contribution < 1.29 is 13.2 Å². The van der Waals surface area contributed by atoms with Gasteiger partial charge in [0.2, 0.25) is 5.91 Å². The predicted octanol–water partition coefficient (Wildman–Crippen LogP) is 2.02. The Balaban J connectivity index is 4.00. The normalized spacial score (nSPS) is 14.2. The molecule has 0 aromatic carbocycles. The number of rotatable bonds is 7. The molecule has 1 amide bonds. The van der Waals surface area contributed by atoms with Crippen LogP contribution in [0.5, 0.6) is 0 Å². The molecule has 1 unspecified atom stereocenters. The first-order valence-corrected chi connectivity index (χ1v) is 7.60. The van der Waals surface area contributed by atoms with Gasteiger partial charge in [-0.05, 0) is 33.6 Å². The van der Waals surface area contributed by atoms with Gasteiger partial charge in [0, 0.05) is 17.9 Å². The summed E-state index contributed by atoms with van der Waals surface area (Å²) in [7, 11) is -3.09. The Morgan fingerprint density at radius 2 is 1.88 bits per heavy atom. The highest BCUT2D eigenvalue weighted by atomic mass is 32.2. The molecular weight excluding hydrogens is 238 g/mol. The highest BCUT2D eigenvalue weighted by Gasteiger charge is 2.11. The van der Waals surface area contributed by atoms with Crippen LogP contribution in [-0.2, 0) is 14.6 Å². The van der Waals surface area contributed by atoms with Gasteiger partial charge in [-0.3, -0.25) is 4.79 Å². The summed E-state index contributed by atoms with van der Waals surface area (Å²) in [5.74, 6) is 0.0243. The van der Waals surface area contributed by atoms with Crippen molar-refractivity contribution in [3.8, 4) is 0 Å². The molecule has 17 heavy (non-hydrogen) atoms. The van der Waals surface area contributed by atoms with Gasteiger partial charge in [0.25, 0.3) is 0 Å². The van der Waals surface area contributed by atoms with Gasteiger partial charge in [0.1, 0.15) is 0 Å². The van der Waals surface area contributed by atoms with Gasteiger partial charge >= 0.3 is 0 Å². The Labute approximate surface area is 104 Å². The second-order valence-corrected chi connectivity index (χ2v) is 6.80. The van der Waals surface area contributed by atoms with Crippen LogP contribution < -0.4 is 5.32 Å². The Morgan fingerprint density at radius 1 is 1.29 bits per heavy atom. The Bertz CT molecular complexity index is 358. The highest BCUT2D eigenvalue weighted by Crippen LogP contribution is 2.05. The minimum absolute atomic E-state index is 0.0243. The SMILES string of the molecule is CCC(=O)NC(C)CC/C=C/S(=O)(=O)C(C)C. The van der Waals surface area contributed by atoms with Crippen molar-refractivity contribution in [1.29, 1.82) is 0 Å². The van der Waals surface area contributed by atoms with Gasteiger partial charge in [0.05, 0.1) is 5.25 Å². The van der Waals surface area contributed by atoms with E-state index in [1.807, 2.05) is 6.92 Å². The molecule has 0 aliphatic carbocycles. The van der Waals surface area contributed by atoms with Crippen molar-refractivity contribution in [3.63, 3.8) is 0 Å². The molecule has 1 N–H and O–H groups in total. The summed E-state index contributed by atoms with van der Waals surface area (Å²) >= 11 is 0. The largest absolute Gasteiger partial charge is 0.354 e. The zero-order chi connectivity index (χ0) is 13.5. The number of carbonyl (C=O) groups is 1. The van der Waals surface area contributed by atoms with Crippen LogP contribution in [0.3, 0.4) is 0 Å². The number of hydrogen-bond donors (Lipinski definition) is 1. The van der Waals surface area contributed by atoms with E-state index in [9.17, 15) is 13.2 Å². The molecule has 0 spiro atoms. The van der Waals surface area contributed by atoms with Crippen molar-refractivity contribution in [2.45, 2.75) is 58.2 Å². The number of sulfone groups is 1. The van der Waals surface area contributed by atoms with Crippen LogP contribution >= 0.6 is 0 Å². The minimum atomic E-state index is -3.09. The molecule has 0 bridgehead atoms. The molecular formula is C12H23NO3S. The lowest BCUT2D eigenvalue weighted by atomic mass is 10.2. The first-order valence-electron chi connectivity index (χ1n) is 5.99. The van der Waals surface area contributed by atoms with Crippen LogP contribution in [-0.4, -0.2) is 25.6 Å². The zero-order valence-corrected chi connectivity index (χ0v) is 11.9. The molecule has 4 nitrogen and oxygen atoms in total. The number of nitrogens with one attached hydrogen (secondary N) is 1. The quantitative estimate of drug-likeness (QED) is 0.762. The van der Waals surface area contributed by atoms with Crippen LogP contribution in [0.4, 0.5) is 0 Å². The van der Waals surface area contributed by atoms with Crippen LogP contribution in [0, 0.1) is 0 Å². The van der Waals surface area contributed by atoms with E-state index < -0.39 is 9.84 Å². The fourth-order valence-electron chi connectivity index (χ4n) is 1.15. The monoisotopic (exact) mass is 261 g/mol. The molecule has 0 aromatic heterocycles. The molecule has 1 atom stereocenters. The Kier molecular flexibility index (Phi) is 7.11. The molecule has 0 saturated carbocycles. The van der Waals surface area contributed by atoms with Crippen LogP contribution in [0.1, 0.15) is 47.0 Å². The van der Waals surface area contributed by atoms with Crippen LogP contribution in [0.2, 0.25) is 0 Å². The van der Waals surface area contributed by atoms with Gasteiger partial charge in [-0.15, -0.1) is 0 Å². The second kappa shape index (κ2) is 7.48. The van der Waals surface area contributed by atoms with E-state index in [1.165, 1.54) is 5.41 Å². The average molecular weight is 261 g/mol. The van der Waals surface area contributed by atoms with Gasteiger partial charge in [0.15, 0.2) is 9.84 Å². The lowest BCUT2D eigenvalue weighted by Gasteiger charge is -2.11. The third-order valence-electron chi connectivity index (χ3n) is 2.44. The molecule has 0 aliphatic rings. The molecule has 0 rings (SSSR count).